The summed E-state index contributed by atoms with van der Waals surface area (Å²) in [5, 5.41) is 8.61. The van der Waals surface area contributed by atoms with Crippen LogP contribution in [0.2, 0.25) is 0 Å². The van der Waals surface area contributed by atoms with E-state index in [4.69, 9.17) is 5.11 Å². The summed E-state index contributed by atoms with van der Waals surface area (Å²) in [6.07, 6.45) is 1.95. The fraction of sp³-hybridized carbons (Fsp3) is 0.857. The Balaban J connectivity index is 2.44. The van der Waals surface area contributed by atoms with Gasteiger partial charge < -0.3 is 10.0 Å². The Labute approximate surface area is 74.5 Å². The van der Waals surface area contributed by atoms with E-state index in [1.807, 2.05) is 0 Å². The van der Waals surface area contributed by atoms with E-state index in [9.17, 15) is 4.79 Å². The van der Waals surface area contributed by atoms with Crippen molar-refractivity contribution in [1.82, 2.24) is 4.90 Å². The Hall–Kier alpha value is -0.0900. The van der Waals surface area contributed by atoms with Crippen LogP contribution in [0.5, 0.6) is 0 Å². The Morgan fingerprint density at radius 2 is 2.45 bits per heavy atom. The van der Waals surface area contributed by atoms with Gasteiger partial charge in [0, 0.05) is 13.1 Å². The van der Waals surface area contributed by atoms with Crippen molar-refractivity contribution in [1.29, 1.82) is 0 Å². The maximum atomic E-state index is 11.3. The van der Waals surface area contributed by atoms with E-state index in [1.165, 1.54) is 0 Å². The molecular weight excluding hydrogens is 210 g/mol. The van der Waals surface area contributed by atoms with Crippen molar-refractivity contribution >= 4 is 21.8 Å². The fourth-order valence-electron chi connectivity index (χ4n) is 1.24. The van der Waals surface area contributed by atoms with E-state index in [2.05, 4.69) is 15.9 Å². The van der Waals surface area contributed by atoms with Crippen molar-refractivity contribution in [2.24, 2.45) is 0 Å². The van der Waals surface area contributed by atoms with Gasteiger partial charge in [-0.25, -0.2) is 0 Å². The summed E-state index contributed by atoms with van der Waals surface area (Å²) in [6.45, 7) is 1.33. The summed E-state index contributed by atoms with van der Waals surface area (Å²) < 4.78 is 0. The lowest BCUT2D eigenvalue weighted by Crippen LogP contribution is -2.43. The maximum Gasteiger partial charge on any atom is 0.236 e. The Kier molecular flexibility index (Phi) is 3.33. The molecule has 1 aliphatic heterocycles. The zero-order chi connectivity index (χ0) is 8.27. The molecule has 4 heteroatoms. The van der Waals surface area contributed by atoms with Gasteiger partial charge in [-0.1, -0.05) is 15.9 Å². The Morgan fingerprint density at radius 3 is 3.09 bits per heavy atom. The minimum Gasteiger partial charge on any atom is -0.395 e. The van der Waals surface area contributed by atoms with Crippen molar-refractivity contribution < 1.29 is 9.90 Å². The molecule has 1 fully saturated rings. The van der Waals surface area contributed by atoms with Crippen molar-refractivity contribution in [2.45, 2.75) is 17.7 Å². The average molecular weight is 222 g/mol. The van der Waals surface area contributed by atoms with Crippen LogP contribution < -0.4 is 0 Å². The fourth-order valence-corrected chi connectivity index (χ4v) is 1.85. The summed E-state index contributed by atoms with van der Waals surface area (Å²) in [5.74, 6) is 0.116. The number of hydrogen-bond donors (Lipinski definition) is 1. The molecular formula is C7H12BrNO2. The molecule has 1 amide bonds. The van der Waals surface area contributed by atoms with Gasteiger partial charge in [-0.2, -0.15) is 0 Å². The second kappa shape index (κ2) is 4.07. The van der Waals surface area contributed by atoms with Crippen LogP contribution >= 0.6 is 15.9 Å². The maximum absolute atomic E-state index is 11.3. The summed E-state index contributed by atoms with van der Waals surface area (Å²) in [4.78, 5) is 13.0. The SMILES string of the molecule is O=C1C(Br)CCCN1CCO. The zero-order valence-corrected chi connectivity index (χ0v) is 7.88. The van der Waals surface area contributed by atoms with Crippen LogP contribution in [0.1, 0.15) is 12.8 Å². The third-order valence-corrected chi connectivity index (χ3v) is 2.68. The molecule has 3 nitrogen and oxygen atoms in total. The van der Waals surface area contributed by atoms with Gasteiger partial charge in [-0.15, -0.1) is 0 Å². The lowest BCUT2D eigenvalue weighted by Gasteiger charge is -2.28. The van der Waals surface area contributed by atoms with Crippen LogP contribution in [-0.4, -0.2) is 40.4 Å². The number of hydrogen-bond acceptors (Lipinski definition) is 2. The molecule has 0 spiro atoms. The molecule has 0 saturated carbocycles. The molecule has 0 aromatic carbocycles. The van der Waals surface area contributed by atoms with Gasteiger partial charge in [-0.05, 0) is 12.8 Å². The minimum atomic E-state index is -0.0252. The molecule has 1 N–H and O–H groups in total. The Morgan fingerprint density at radius 1 is 1.73 bits per heavy atom. The molecule has 1 unspecified atom stereocenters. The van der Waals surface area contributed by atoms with Crippen molar-refractivity contribution in [3.63, 3.8) is 0 Å². The molecule has 1 rings (SSSR count). The first-order chi connectivity index (χ1) is 5.25. The lowest BCUT2D eigenvalue weighted by molar-refractivity contribution is -0.132. The second-order valence-corrected chi connectivity index (χ2v) is 3.76. The number of amides is 1. The molecule has 1 atom stereocenters. The predicted octanol–water partition coefficient (Wildman–Crippen LogP) is 0.365. The van der Waals surface area contributed by atoms with Gasteiger partial charge in [0.2, 0.25) is 5.91 Å². The highest BCUT2D eigenvalue weighted by molar-refractivity contribution is 9.10. The van der Waals surface area contributed by atoms with E-state index in [0.29, 0.717) is 6.54 Å². The number of aliphatic hydroxyl groups excluding tert-OH is 1. The highest BCUT2D eigenvalue weighted by atomic mass is 79.9. The van der Waals surface area contributed by atoms with Crippen LogP contribution in [0.15, 0.2) is 0 Å². The second-order valence-electron chi connectivity index (χ2n) is 2.66. The highest BCUT2D eigenvalue weighted by Gasteiger charge is 2.25. The van der Waals surface area contributed by atoms with Crippen LogP contribution in [0, 0.1) is 0 Å². The molecule has 0 aromatic rings. The number of nitrogens with zero attached hydrogens (tertiary/aromatic N) is 1. The Bertz CT molecular complexity index is 149. The highest BCUT2D eigenvalue weighted by Crippen LogP contribution is 2.17. The summed E-state index contributed by atoms with van der Waals surface area (Å²) >= 11 is 3.29. The molecule has 11 heavy (non-hydrogen) atoms. The van der Waals surface area contributed by atoms with E-state index >= 15 is 0 Å². The number of halogens is 1. The summed E-state index contributed by atoms with van der Waals surface area (Å²) in [6, 6.07) is 0. The summed E-state index contributed by atoms with van der Waals surface area (Å²) in [5.41, 5.74) is 0. The standard InChI is InChI=1S/C7H12BrNO2/c8-6-2-1-3-9(4-5-10)7(6)11/h6,10H,1-5H2. The number of likely N-dealkylation sites (tertiary alicyclic amines) is 1. The van der Waals surface area contributed by atoms with Gasteiger partial charge in [0.25, 0.3) is 0 Å². The molecule has 0 aromatic heterocycles. The molecule has 0 bridgehead atoms. The third-order valence-electron chi connectivity index (χ3n) is 1.84. The molecule has 0 radical (unpaired) electrons. The van der Waals surface area contributed by atoms with E-state index in [-0.39, 0.29) is 17.3 Å². The van der Waals surface area contributed by atoms with Gasteiger partial charge in [-0.3, -0.25) is 4.79 Å². The van der Waals surface area contributed by atoms with Gasteiger partial charge >= 0.3 is 0 Å². The van der Waals surface area contributed by atoms with Crippen LogP contribution in [0.25, 0.3) is 0 Å². The molecule has 0 aliphatic carbocycles. The predicted molar refractivity (Wildman–Crippen MR) is 45.6 cm³/mol. The number of aliphatic hydroxyl groups is 1. The molecule has 64 valence electrons. The van der Waals surface area contributed by atoms with Crippen molar-refractivity contribution in [3.05, 3.63) is 0 Å². The molecule has 1 aliphatic rings. The van der Waals surface area contributed by atoms with E-state index < -0.39 is 0 Å². The normalized spacial score (nSPS) is 25.8. The number of piperidine rings is 1. The minimum absolute atomic E-state index is 0.0252. The molecule has 1 saturated heterocycles. The van der Waals surface area contributed by atoms with E-state index in [0.717, 1.165) is 19.4 Å². The number of carbonyl (C=O) groups excluding carboxylic acids is 1. The average Bonchev–Trinajstić information content (AvgIpc) is 1.99. The topological polar surface area (TPSA) is 40.5 Å². The molecule has 1 heterocycles. The number of alkyl halides is 1. The first-order valence-corrected chi connectivity index (χ1v) is 4.71. The summed E-state index contributed by atoms with van der Waals surface area (Å²) in [7, 11) is 0. The van der Waals surface area contributed by atoms with Crippen LogP contribution in [0.3, 0.4) is 0 Å². The number of carbonyl (C=O) groups is 1. The quantitative estimate of drug-likeness (QED) is 0.685. The van der Waals surface area contributed by atoms with Gasteiger partial charge in [0.1, 0.15) is 0 Å². The van der Waals surface area contributed by atoms with Crippen molar-refractivity contribution in [3.8, 4) is 0 Å². The number of β-amino-alcohol motifs (C(OH)–C–C–N with tert-alkyl or cyclic N) is 1. The first-order valence-electron chi connectivity index (χ1n) is 3.79. The van der Waals surface area contributed by atoms with Crippen LogP contribution in [0.4, 0.5) is 0 Å². The smallest absolute Gasteiger partial charge is 0.236 e. The first kappa shape index (κ1) is 9.00. The zero-order valence-electron chi connectivity index (χ0n) is 6.29. The monoisotopic (exact) mass is 221 g/mol. The van der Waals surface area contributed by atoms with Gasteiger partial charge in [0.05, 0.1) is 11.4 Å². The van der Waals surface area contributed by atoms with Gasteiger partial charge in [0.15, 0.2) is 0 Å². The van der Waals surface area contributed by atoms with Crippen molar-refractivity contribution in [2.75, 3.05) is 19.7 Å². The lowest BCUT2D eigenvalue weighted by atomic mass is 10.1. The van der Waals surface area contributed by atoms with E-state index in [1.54, 1.807) is 4.90 Å². The van der Waals surface area contributed by atoms with Crippen LogP contribution in [-0.2, 0) is 4.79 Å². The number of rotatable bonds is 2. The largest absolute Gasteiger partial charge is 0.395 e. The third kappa shape index (κ3) is 2.17.